The first kappa shape index (κ1) is 33.7. The maximum Gasteiger partial charge on any atom is 0.416 e. The van der Waals surface area contributed by atoms with Crippen LogP contribution in [0, 0.1) is 0 Å². The van der Waals surface area contributed by atoms with Gasteiger partial charge in [-0.1, -0.05) is 84.9 Å². The first-order valence-corrected chi connectivity index (χ1v) is 18.0. The molecule has 10 rings (SSSR count). The van der Waals surface area contributed by atoms with E-state index in [0.717, 1.165) is 79.0 Å². The number of hydrogen-bond donors (Lipinski definition) is 0. The number of fused-ring (bicyclic) bond motifs is 4. The van der Waals surface area contributed by atoms with Crippen molar-refractivity contribution in [3.05, 3.63) is 181 Å². The number of alkyl halides is 6. The summed E-state index contributed by atoms with van der Waals surface area (Å²) in [5.41, 5.74) is 4.94. The van der Waals surface area contributed by atoms with Crippen molar-refractivity contribution >= 4 is 71.2 Å². The standard InChI is InChI=1S/C48H28F6N2/c49-47(50,51)32-15-21-36(22-16-32)55(37-23-17-33(18-24-37)48(52,53)54)35-19-10-29(11-20-35)38-25-12-30-13-27-41-45-31(14-26-39(38)44(30)45)28-43-46(41)40-8-4-5-9-42(40)56(43)34-6-2-1-3-7-34/h1-28H. The molecule has 272 valence electrons. The molecule has 0 saturated carbocycles. The summed E-state index contributed by atoms with van der Waals surface area (Å²) in [7, 11) is 0. The molecule has 0 N–H and O–H groups in total. The quantitative estimate of drug-likeness (QED) is 0.126. The van der Waals surface area contributed by atoms with Gasteiger partial charge in [-0.2, -0.15) is 26.3 Å². The Morgan fingerprint density at radius 1 is 0.393 bits per heavy atom. The maximum atomic E-state index is 13.4. The van der Waals surface area contributed by atoms with E-state index >= 15 is 0 Å². The van der Waals surface area contributed by atoms with Crippen LogP contribution >= 0.6 is 0 Å². The second-order valence-electron chi connectivity index (χ2n) is 14.0. The molecule has 9 aromatic carbocycles. The third kappa shape index (κ3) is 5.35. The molecule has 56 heavy (non-hydrogen) atoms. The van der Waals surface area contributed by atoms with Crippen LogP contribution in [0.1, 0.15) is 11.1 Å². The molecule has 1 heterocycles. The Morgan fingerprint density at radius 3 is 1.54 bits per heavy atom. The molecular formula is C48H28F6N2. The first-order valence-electron chi connectivity index (χ1n) is 18.0. The van der Waals surface area contributed by atoms with Gasteiger partial charge in [-0.25, -0.2) is 0 Å². The van der Waals surface area contributed by atoms with E-state index in [1.54, 1.807) is 4.90 Å². The summed E-state index contributed by atoms with van der Waals surface area (Å²) in [6.07, 6.45) is -9.07. The summed E-state index contributed by atoms with van der Waals surface area (Å²) < 4.78 is 83.0. The molecule has 0 amide bonds. The van der Waals surface area contributed by atoms with Gasteiger partial charge in [-0.15, -0.1) is 0 Å². The number of halogens is 6. The fourth-order valence-corrected chi connectivity index (χ4v) is 8.27. The molecule has 0 atom stereocenters. The summed E-state index contributed by atoms with van der Waals surface area (Å²) in [6, 6.07) is 50.8. The zero-order valence-corrected chi connectivity index (χ0v) is 29.3. The van der Waals surface area contributed by atoms with Crippen molar-refractivity contribution in [2.45, 2.75) is 12.4 Å². The highest BCUT2D eigenvalue weighted by Crippen LogP contribution is 2.46. The second-order valence-corrected chi connectivity index (χ2v) is 14.0. The topological polar surface area (TPSA) is 8.17 Å². The van der Waals surface area contributed by atoms with E-state index in [1.807, 2.05) is 30.3 Å². The lowest BCUT2D eigenvalue weighted by atomic mass is 9.88. The van der Waals surface area contributed by atoms with Gasteiger partial charge in [-0.3, -0.25) is 0 Å². The fourth-order valence-electron chi connectivity index (χ4n) is 8.27. The Labute approximate surface area is 316 Å². The van der Waals surface area contributed by atoms with Crippen LogP contribution < -0.4 is 4.90 Å². The average Bonchev–Trinajstić information content (AvgIpc) is 3.54. The van der Waals surface area contributed by atoms with Crippen molar-refractivity contribution in [3.63, 3.8) is 0 Å². The van der Waals surface area contributed by atoms with Crippen LogP contribution in [-0.2, 0) is 12.4 Å². The van der Waals surface area contributed by atoms with E-state index in [1.165, 1.54) is 40.4 Å². The van der Waals surface area contributed by atoms with Crippen molar-refractivity contribution < 1.29 is 26.3 Å². The lowest BCUT2D eigenvalue weighted by Gasteiger charge is -2.26. The summed E-state index contributed by atoms with van der Waals surface area (Å²) >= 11 is 0. The summed E-state index contributed by atoms with van der Waals surface area (Å²) in [4.78, 5) is 1.64. The highest BCUT2D eigenvalue weighted by atomic mass is 19.4. The molecule has 0 saturated heterocycles. The Hall–Kier alpha value is -6.80. The highest BCUT2D eigenvalue weighted by molar-refractivity contribution is 6.34. The largest absolute Gasteiger partial charge is 0.416 e. The van der Waals surface area contributed by atoms with Crippen molar-refractivity contribution in [3.8, 4) is 16.8 Å². The molecule has 0 spiro atoms. The number of nitrogens with zero attached hydrogens (tertiary/aromatic N) is 2. The number of anilines is 3. The molecule has 0 bridgehead atoms. The van der Waals surface area contributed by atoms with Gasteiger partial charge >= 0.3 is 12.4 Å². The Kier molecular flexibility index (Phi) is 7.45. The summed E-state index contributed by atoms with van der Waals surface area (Å²) in [5.74, 6) is 0. The van der Waals surface area contributed by atoms with E-state index in [2.05, 4.69) is 95.6 Å². The Bertz CT molecular complexity index is 3010. The molecule has 8 heteroatoms. The third-order valence-electron chi connectivity index (χ3n) is 10.8. The van der Waals surface area contributed by atoms with Gasteiger partial charge in [0.15, 0.2) is 0 Å². The van der Waals surface area contributed by atoms with Gasteiger partial charge in [0.2, 0.25) is 0 Å². The summed E-state index contributed by atoms with van der Waals surface area (Å²) in [5, 5.41) is 9.16. The minimum absolute atomic E-state index is 0.369. The van der Waals surface area contributed by atoms with Crippen LogP contribution in [-0.4, -0.2) is 4.57 Å². The number of aromatic nitrogens is 1. The lowest BCUT2D eigenvalue weighted by Crippen LogP contribution is -2.12. The van der Waals surface area contributed by atoms with Crippen LogP contribution in [0.4, 0.5) is 43.4 Å². The van der Waals surface area contributed by atoms with Crippen LogP contribution in [0.5, 0.6) is 0 Å². The van der Waals surface area contributed by atoms with Gasteiger partial charge < -0.3 is 9.47 Å². The van der Waals surface area contributed by atoms with Crippen molar-refractivity contribution in [1.29, 1.82) is 0 Å². The molecular weight excluding hydrogens is 719 g/mol. The molecule has 0 aliphatic rings. The van der Waals surface area contributed by atoms with Gasteiger partial charge in [0.25, 0.3) is 0 Å². The van der Waals surface area contributed by atoms with Crippen molar-refractivity contribution in [2.24, 2.45) is 0 Å². The molecule has 2 nitrogen and oxygen atoms in total. The van der Waals surface area contributed by atoms with E-state index in [4.69, 9.17) is 0 Å². The Morgan fingerprint density at radius 2 is 0.911 bits per heavy atom. The van der Waals surface area contributed by atoms with Crippen LogP contribution in [0.15, 0.2) is 170 Å². The number of para-hydroxylation sites is 2. The van der Waals surface area contributed by atoms with E-state index in [9.17, 15) is 26.3 Å². The zero-order chi connectivity index (χ0) is 38.3. The van der Waals surface area contributed by atoms with Crippen LogP contribution in [0.2, 0.25) is 0 Å². The molecule has 0 aliphatic heterocycles. The molecule has 10 aromatic rings. The maximum absolute atomic E-state index is 13.4. The van der Waals surface area contributed by atoms with Crippen molar-refractivity contribution in [1.82, 2.24) is 4.57 Å². The number of hydrogen-bond acceptors (Lipinski definition) is 1. The summed E-state index contributed by atoms with van der Waals surface area (Å²) in [6.45, 7) is 0. The monoisotopic (exact) mass is 746 g/mol. The lowest BCUT2D eigenvalue weighted by molar-refractivity contribution is -0.138. The Balaban J connectivity index is 1.12. The van der Waals surface area contributed by atoms with E-state index in [0.29, 0.717) is 17.1 Å². The van der Waals surface area contributed by atoms with Gasteiger partial charge in [-0.05, 0) is 128 Å². The fraction of sp³-hybridized carbons (Fsp3) is 0.0417. The normalized spacial score (nSPS) is 12.5. The highest BCUT2D eigenvalue weighted by Gasteiger charge is 2.32. The molecule has 0 fully saturated rings. The predicted molar refractivity (Wildman–Crippen MR) is 215 cm³/mol. The van der Waals surface area contributed by atoms with Gasteiger partial charge in [0.05, 0.1) is 22.2 Å². The number of rotatable bonds is 5. The van der Waals surface area contributed by atoms with E-state index in [-0.39, 0.29) is 0 Å². The second kappa shape index (κ2) is 12.4. The first-order chi connectivity index (χ1) is 27.0. The van der Waals surface area contributed by atoms with Crippen molar-refractivity contribution in [2.75, 3.05) is 4.90 Å². The van der Waals surface area contributed by atoms with Gasteiger partial charge in [0.1, 0.15) is 0 Å². The van der Waals surface area contributed by atoms with Gasteiger partial charge in [0, 0.05) is 33.5 Å². The molecule has 1 aromatic heterocycles. The molecule has 0 unspecified atom stereocenters. The molecule has 0 radical (unpaired) electrons. The zero-order valence-electron chi connectivity index (χ0n) is 29.3. The average molecular weight is 747 g/mol. The SMILES string of the molecule is FC(F)(F)c1ccc(N(c2ccc(-c3ccc4ccc5c6c(ccc3c46)cc3c5c4ccccc4n3-c3ccccc3)cc2)c2ccc(C(F)(F)F)cc2)cc1. The van der Waals surface area contributed by atoms with E-state index < -0.39 is 23.5 Å². The molecule has 0 aliphatic carbocycles. The van der Waals surface area contributed by atoms with Crippen LogP contribution in [0.3, 0.4) is 0 Å². The third-order valence-corrected chi connectivity index (χ3v) is 10.8. The minimum atomic E-state index is -4.53. The minimum Gasteiger partial charge on any atom is -0.311 e. The number of benzene rings is 9. The van der Waals surface area contributed by atoms with Crippen LogP contribution in [0.25, 0.3) is 70.9 Å². The smallest absolute Gasteiger partial charge is 0.311 e. The predicted octanol–water partition coefficient (Wildman–Crippen LogP) is 14.9.